The van der Waals surface area contributed by atoms with Crippen LogP contribution >= 0.6 is 11.6 Å². The maximum Gasteiger partial charge on any atom is 0.337 e. The van der Waals surface area contributed by atoms with Crippen molar-refractivity contribution in [3.8, 4) is 11.3 Å². The van der Waals surface area contributed by atoms with E-state index >= 15 is 0 Å². The molecule has 0 aliphatic heterocycles. The summed E-state index contributed by atoms with van der Waals surface area (Å²) >= 11 is 6.02. The molecule has 0 spiro atoms. The third-order valence-corrected chi connectivity index (χ3v) is 4.64. The van der Waals surface area contributed by atoms with Crippen LogP contribution in [-0.4, -0.2) is 41.2 Å². The fraction of sp³-hybridized carbons (Fsp3) is 0.333. The third-order valence-electron chi connectivity index (χ3n) is 4.38. The lowest BCUT2D eigenvalue weighted by atomic mass is 10.1. The van der Waals surface area contributed by atoms with Crippen molar-refractivity contribution in [1.82, 2.24) is 9.97 Å². The molecule has 1 aromatic heterocycles. The van der Waals surface area contributed by atoms with Gasteiger partial charge in [-0.2, -0.15) is 0 Å². The zero-order valence-electron chi connectivity index (χ0n) is 18.5. The van der Waals surface area contributed by atoms with Crippen LogP contribution in [-0.2, 0) is 25.6 Å². The van der Waals surface area contributed by atoms with Crippen molar-refractivity contribution < 1.29 is 23.8 Å². The molecule has 168 valence electrons. The van der Waals surface area contributed by atoms with Gasteiger partial charge in [0, 0.05) is 10.6 Å². The highest BCUT2D eigenvalue weighted by Gasteiger charge is 2.17. The third kappa shape index (κ3) is 6.24. The van der Waals surface area contributed by atoms with E-state index in [2.05, 4.69) is 4.98 Å². The van der Waals surface area contributed by atoms with Gasteiger partial charge in [0.15, 0.2) is 0 Å². The van der Waals surface area contributed by atoms with Crippen molar-refractivity contribution in [2.75, 3.05) is 13.7 Å². The van der Waals surface area contributed by atoms with E-state index in [1.54, 1.807) is 30.3 Å². The summed E-state index contributed by atoms with van der Waals surface area (Å²) in [6.45, 7) is 5.76. The van der Waals surface area contributed by atoms with Crippen molar-refractivity contribution in [2.45, 2.75) is 39.4 Å². The Kier molecular flexibility index (Phi) is 7.43. The van der Waals surface area contributed by atoms with Crippen LogP contribution in [0, 0.1) is 0 Å². The molecule has 1 heterocycles. The topological polar surface area (TPSA) is 87.6 Å². The Balaban J connectivity index is 1.86. The lowest BCUT2D eigenvalue weighted by Crippen LogP contribution is -2.24. The molecule has 0 saturated carbocycles. The summed E-state index contributed by atoms with van der Waals surface area (Å²) in [7, 11) is 1.33. The molecule has 2 aromatic carbocycles. The Bertz CT molecular complexity index is 1120. The molecule has 3 aromatic rings. The van der Waals surface area contributed by atoms with Crippen LogP contribution in [0.1, 0.15) is 43.2 Å². The molecule has 32 heavy (non-hydrogen) atoms. The smallest absolute Gasteiger partial charge is 0.337 e. The summed E-state index contributed by atoms with van der Waals surface area (Å²) in [6, 6.07) is 12.2. The monoisotopic (exact) mass is 456 g/mol. The van der Waals surface area contributed by atoms with E-state index < -0.39 is 11.6 Å². The first kappa shape index (κ1) is 23.6. The predicted molar refractivity (Wildman–Crippen MR) is 121 cm³/mol. The first-order valence-corrected chi connectivity index (χ1v) is 10.5. The normalized spacial score (nSPS) is 11.4. The lowest BCUT2D eigenvalue weighted by Gasteiger charge is -2.19. The molecule has 3 rings (SSSR count). The summed E-state index contributed by atoms with van der Waals surface area (Å²) in [4.78, 5) is 33.2. The first-order chi connectivity index (χ1) is 15.2. The molecule has 0 amide bonds. The fourth-order valence-electron chi connectivity index (χ4n) is 2.99. The van der Waals surface area contributed by atoms with E-state index in [0.717, 1.165) is 5.56 Å². The zero-order chi connectivity index (χ0) is 23.3. The number of aromatic nitrogens is 2. The average Bonchev–Trinajstić information content (AvgIpc) is 2.74. The van der Waals surface area contributed by atoms with Gasteiger partial charge in [0.25, 0.3) is 0 Å². The van der Waals surface area contributed by atoms with Crippen molar-refractivity contribution in [2.24, 2.45) is 0 Å². The van der Waals surface area contributed by atoms with Crippen LogP contribution in [0.25, 0.3) is 22.3 Å². The Labute approximate surface area is 191 Å². The maximum absolute atomic E-state index is 11.9. The highest BCUT2D eigenvalue weighted by molar-refractivity contribution is 6.30. The Morgan fingerprint density at radius 3 is 2.38 bits per heavy atom. The second-order valence-corrected chi connectivity index (χ2v) is 8.55. The van der Waals surface area contributed by atoms with E-state index in [4.69, 9.17) is 30.8 Å². The standard InChI is InChI=1S/C24H25ClN2O5/c1-24(2,3)32-21(28)11-12-31-14-20-22(15-5-8-17(25)9-6-15)27-18-10-7-16(23(29)30-4)13-19(18)26-20/h5-10,13H,11-12,14H2,1-4H3. The molecule has 7 nitrogen and oxygen atoms in total. The van der Waals surface area contributed by atoms with E-state index in [1.165, 1.54) is 7.11 Å². The highest BCUT2D eigenvalue weighted by Crippen LogP contribution is 2.26. The molecule has 0 radical (unpaired) electrons. The molecular weight excluding hydrogens is 432 g/mol. The molecular formula is C24H25ClN2O5. The molecule has 0 aliphatic carbocycles. The summed E-state index contributed by atoms with van der Waals surface area (Å²) in [5, 5.41) is 0.611. The molecule has 0 aliphatic rings. The number of hydrogen-bond donors (Lipinski definition) is 0. The first-order valence-electron chi connectivity index (χ1n) is 10.1. The van der Waals surface area contributed by atoms with Gasteiger partial charge in [-0.05, 0) is 51.1 Å². The number of nitrogens with zero attached hydrogens (tertiary/aromatic N) is 2. The molecule has 8 heteroatoms. The number of methoxy groups -OCH3 is 1. The van der Waals surface area contributed by atoms with Gasteiger partial charge in [-0.3, -0.25) is 4.79 Å². The highest BCUT2D eigenvalue weighted by atomic mass is 35.5. The summed E-state index contributed by atoms with van der Waals surface area (Å²) < 4.78 is 15.8. The number of fused-ring (bicyclic) bond motifs is 1. The minimum atomic E-state index is -0.542. The summed E-state index contributed by atoms with van der Waals surface area (Å²) in [6.07, 6.45) is 0.126. The van der Waals surface area contributed by atoms with Gasteiger partial charge in [0.2, 0.25) is 0 Å². The van der Waals surface area contributed by atoms with Crippen LogP contribution in [0.15, 0.2) is 42.5 Å². The number of halogens is 1. The number of ether oxygens (including phenoxy) is 3. The van der Waals surface area contributed by atoms with Crippen molar-refractivity contribution >= 4 is 34.6 Å². The number of carbonyl (C=O) groups excluding carboxylic acids is 2. The van der Waals surface area contributed by atoms with E-state index in [0.29, 0.717) is 33.0 Å². The van der Waals surface area contributed by atoms with E-state index in [-0.39, 0.29) is 25.6 Å². The molecule has 0 saturated heterocycles. The zero-order valence-corrected chi connectivity index (χ0v) is 19.2. The quantitative estimate of drug-likeness (QED) is 0.365. The maximum atomic E-state index is 11.9. The average molecular weight is 457 g/mol. The van der Waals surface area contributed by atoms with Crippen LogP contribution in [0.3, 0.4) is 0 Å². The van der Waals surface area contributed by atoms with Gasteiger partial charge in [0.05, 0.1) is 54.7 Å². The number of esters is 2. The van der Waals surface area contributed by atoms with Crippen LogP contribution in [0.5, 0.6) is 0 Å². The van der Waals surface area contributed by atoms with Crippen LogP contribution in [0.2, 0.25) is 5.02 Å². The SMILES string of the molecule is COC(=O)c1ccc2nc(-c3ccc(Cl)cc3)c(COCCC(=O)OC(C)(C)C)nc2c1. The largest absolute Gasteiger partial charge is 0.465 e. The Hall–Kier alpha value is -3.03. The molecule has 0 atom stereocenters. The van der Waals surface area contributed by atoms with Crippen LogP contribution in [0.4, 0.5) is 0 Å². The minimum Gasteiger partial charge on any atom is -0.465 e. The molecule has 0 fully saturated rings. The van der Waals surface area contributed by atoms with Gasteiger partial charge in [-0.25, -0.2) is 14.8 Å². The molecule has 0 unspecified atom stereocenters. The Morgan fingerprint density at radius 1 is 1.00 bits per heavy atom. The van der Waals surface area contributed by atoms with Gasteiger partial charge in [0.1, 0.15) is 5.60 Å². The fourth-order valence-corrected chi connectivity index (χ4v) is 3.12. The van der Waals surface area contributed by atoms with Crippen molar-refractivity contribution in [1.29, 1.82) is 0 Å². The van der Waals surface area contributed by atoms with E-state index in [1.807, 2.05) is 32.9 Å². The van der Waals surface area contributed by atoms with Gasteiger partial charge < -0.3 is 14.2 Å². The predicted octanol–water partition coefficient (Wildman–Crippen LogP) is 4.99. The lowest BCUT2D eigenvalue weighted by molar-refractivity contribution is -0.156. The summed E-state index contributed by atoms with van der Waals surface area (Å²) in [5.41, 5.74) is 3.04. The number of hydrogen-bond acceptors (Lipinski definition) is 7. The van der Waals surface area contributed by atoms with Crippen LogP contribution < -0.4 is 0 Å². The van der Waals surface area contributed by atoms with Gasteiger partial charge in [-0.1, -0.05) is 23.7 Å². The molecule has 0 N–H and O–H groups in total. The second-order valence-electron chi connectivity index (χ2n) is 8.11. The number of benzene rings is 2. The number of rotatable bonds is 7. The minimum absolute atomic E-state index is 0.126. The second kappa shape index (κ2) is 10.1. The van der Waals surface area contributed by atoms with Crippen molar-refractivity contribution in [3.05, 3.63) is 58.7 Å². The van der Waals surface area contributed by atoms with Crippen molar-refractivity contribution in [3.63, 3.8) is 0 Å². The van der Waals surface area contributed by atoms with Gasteiger partial charge in [-0.15, -0.1) is 0 Å². The molecule has 0 bridgehead atoms. The Morgan fingerprint density at radius 2 is 1.72 bits per heavy atom. The van der Waals surface area contributed by atoms with E-state index in [9.17, 15) is 9.59 Å². The number of carbonyl (C=O) groups is 2. The van der Waals surface area contributed by atoms with Gasteiger partial charge >= 0.3 is 11.9 Å². The summed E-state index contributed by atoms with van der Waals surface area (Å²) in [5.74, 6) is -0.784.